The van der Waals surface area contributed by atoms with Crippen LogP contribution in [0.4, 0.5) is 0 Å². The number of nitrogens with zero attached hydrogens (tertiary/aromatic N) is 4. The molecule has 2 rings (SSSR count). The summed E-state index contributed by atoms with van der Waals surface area (Å²) >= 11 is 0. The van der Waals surface area contributed by atoms with Crippen LogP contribution in [-0.2, 0) is 11.3 Å². The van der Waals surface area contributed by atoms with Gasteiger partial charge in [-0.1, -0.05) is 0 Å². The molecule has 1 aromatic heterocycles. The van der Waals surface area contributed by atoms with Crippen molar-refractivity contribution in [3.05, 3.63) is 17.3 Å². The van der Waals surface area contributed by atoms with Crippen molar-refractivity contribution in [1.82, 2.24) is 25.4 Å². The number of rotatable bonds is 7. The lowest BCUT2D eigenvalue weighted by Crippen LogP contribution is -2.44. The molecule has 1 aromatic rings. The molecule has 1 fully saturated rings. The van der Waals surface area contributed by atoms with Gasteiger partial charge in [0.05, 0.1) is 18.3 Å². The summed E-state index contributed by atoms with van der Waals surface area (Å²) in [7, 11) is 5.40. The molecule has 0 bridgehead atoms. The van der Waals surface area contributed by atoms with Crippen molar-refractivity contribution in [1.29, 1.82) is 0 Å². The van der Waals surface area contributed by atoms with Crippen LogP contribution < -0.4 is 10.6 Å². The molecule has 8 nitrogen and oxygen atoms in total. The molecule has 1 aliphatic rings. The predicted molar refractivity (Wildman–Crippen MR) is 102 cm³/mol. The number of oxazole rings is 1. The molecule has 1 amide bonds. The number of likely N-dealkylation sites (tertiary alicyclic amines) is 1. The monoisotopic (exact) mass is 364 g/mol. The third kappa shape index (κ3) is 5.45. The van der Waals surface area contributed by atoms with Crippen LogP contribution in [0.3, 0.4) is 0 Å². The number of carbonyl (C=O) groups excluding carboxylic acids is 1. The minimum atomic E-state index is 0.0407. The lowest BCUT2D eigenvalue weighted by Gasteiger charge is -2.26. The number of carbonyl (C=O) groups is 1. The van der Waals surface area contributed by atoms with Gasteiger partial charge in [0, 0.05) is 34.2 Å². The minimum Gasteiger partial charge on any atom is -0.444 e. The Morgan fingerprint density at radius 2 is 2.15 bits per heavy atom. The van der Waals surface area contributed by atoms with Gasteiger partial charge in [0.15, 0.2) is 5.96 Å². The first-order chi connectivity index (χ1) is 12.4. The van der Waals surface area contributed by atoms with Gasteiger partial charge < -0.3 is 20.0 Å². The molecular weight excluding hydrogens is 332 g/mol. The second kappa shape index (κ2) is 9.56. The van der Waals surface area contributed by atoms with Gasteiger partial charge in [0.1, 0.15) is 5.76 Å². The number of aryl methyl sites for hydroxylation is 2. The van der Waals surface area contributed by atoms with Crippen molar-refractivity contribution in [2.45, 2.75) is 45.7 Å². The molecule has 0 radical (unpaired) electrons. The maximum atomic E-state index is 12.2. The van der Waals surface area contributed by atoms with E-state index in [1.807, 2.05) is 27.9 Å². The number of hydrogen-bond donors (Lipinski definition) is 2. The number of aliphatic imine (C=N–C) groups is 1. The second-order valence-corrected chi connectivity index (χ2v) is 6.88. The van der Waals surface area contributed by atoms with Gasteiger partial charge in [-0.05, 0) is 39.7 Å². The lowest BCUT2D eigenvalue weighted by molar-refractivity contribution is -0.133. The van der Waals surface area contributed by atoms with Crippen molar-refractivity contribution in [2.24, 2.45) is 4.99 Å². The summed E-state index contributed by atoms with van der Waals surface area (Å²) in [6.07, 6.45) is 3.01. The maximum Gasteiger partial charge on any atom is 0.239 e. The highest BCUT2D eigenvalue weighted by Crippen LogP contribution is 2.18. The molecule has 1 aliphatic heterocycles. The summed E-state index contributed by atoms with van der Waals surface area (Å²) in [6, 6.07) is 0.0407. The summed E-state index contributed by atoms with van der Waals surface area (Å²) in [5.74, 6) is 2.44. The first-order valence-electron chi connectivity index (χ1n) is 9.25. The normalized spacial score (nSPS) is 18.2. The minimum absolute atomic E-state index is 0.0407. The number of guanidine groups is 1. The highest BCUT2D eigenvalue weighted by molar-refractivity contribution is 5.81. The van der Waals surface area contributed by atoms with Crippen molar-refractivity contribution >= 4 is 11.9 Å². The first-order valence-corrected chi connectivity index (χ1v) is 9.25. The molecule has 1 unspecified atom stereocenters. The molecule has 26 heavy (non-hydrogen) atoms. The van der Waals surface area contributed by atoms with Gasteiger partial charge >= 0.3 is 0 Å². The Labute approximate surface area is 156 Å². The predicted octanol–water partition coefficient (Wildman–Crippen LogP) is 0.899. The number of likely N-dealkylation sites (N-methyl/N-ethyl adjacent to an activating group) is 1. The van der Waals surface area contributed by atoms with E-state index in [2.05, 4.69) is 25.5 Å². The van der Waals surface area contributed by atoms with Crippen LogP contribution in [0.25, 0.3) is 0 Å². The first kappa shape index (κ1) is 20.2. The molecule has 8 heteroatoms. The van der Waals surface area contributed by atoms with Crippen LogP contribution >= 0.6 is 0 Å². The molecule has 1 saturated heterocycles. The van der Waals surface area contributed by atoms with E-state index >= 15 is 0 Å². The van der Waals surface area contributed by atoms with E-state index in [0.717, 1.165) is 56.3 Å². The van der Waals surface area contributed by atoms with E-state index < -0.39 is 0 Å². The van der Waals surface area contributed by atoms with E-state index in [0.29, 0.717) is 12.4 Å². The molecule has 2 heterocycles. The van der Waals surface area contributed by atoms with Crippen LogP contribution in [0, 0.1) is 13.8 Å². The van der Waals surface area contributed by atoms with Crippen molar-refractivity contribution < 1.29 is 9.21 Å². The van der Waals surface area contributed by atoms with Crippen LogP contribution in [0.2, 0.25) is 0 Å². The summed E-state index contributed by atoms with van der Waals surface area (Å²) in [6.45, 7) is 7.04. The van der Waals surface area contributed by atoms with Crippen molar-refractivity contribution in [3.63, 3.8) is 0 Å². The number of aromatic nitrogens is 1. The summed E-state index contributed by atoms with van der Waals surface area (Å²) in [5.41, 5.74) is 0.914. The molecule has 0 saturated carbocycles. The Morgan fingerprint density at radius 1 is 1.38 bits per heavy atom. The van der Waals surface area contributed by atoms with Gasteiger partial charge in [-0.15, -0.1) is 0 Å². The molecule has 146 valence electrons. The lowest BCUT2D eigenvalue weighted by atomic mass is 10.2. The highest BCUT2D eigenvalue weighted by atomic mass is 16.4. The quantitative estimate of drug-likeness (QED) is 0.425. The van der Waals surface area contributed by atoms with Gasteiger partial charge in [-0.2, -0.15) is 0 Å². The van der Waals surface area contributed by atoms with Crippen LogP contribution in [0.5, 0.6) is 0 Å². The largest absolute Gasteiger partial charge is 0.444 e. The van der Waals surface area contributed by atoms with E-state index in [1.165, 1.54) is 0 Å². The van der Waals surface area contributed by atoms with E-state index in [-0.39, 0.29) is 11.9 Å². The Morgan fingerprint density at radius 3 is 2.77 bits per heavy atom. The van der Waals surface area contributed by atoms with E-state index in [1.54, 1.807) is 11.9 Å². The van der Waals surface area contributed by atoms with Crippen molar-refractivity contribution in [2.75, 3.05) is 40.8 Å². The maximum absolute atomic E-state index is 12.2. The fourth-order valence-electron chi connectivity index (χ4n) is 3.16. The van der Waals surface area contributed by atoms with Gasteiger partial charge in [0.2, 0.25) is 11.8 Å². The Balaban J connectivity index is 1.69. The Kier molecular flexibility index (Phi) is 7.44. The molecule has 0 aliphatic carbocycles. The third-order valence-corrected chi connectivity index (χ3v) is 4.71. The molecule has 2 N–H and O–H groups in total. The van der Waals surface area contributed by atoms with Gasteiger partial charge in [0.25, 0.3) is 0 Å². The summed E-state index contributed by atoms with van der Waals surface area (Å²) in [5, 5.41) is 6.50. The number of amides is 1. The van der Waals surface area contributed by atoms with Crippen LogP contribution in [-0.4, -0.2) is 73.5 Å². The fraction of sp³-hybridized carbons (Fsp3) is 0.722. The molecule has 1 atom stereocenters. The Hall–Kier alpha value is -2.09. The second-order valence-electron chi connectivity index (χ2n) is 6.88. The smallest absolute Gasteiger partial charge is 0.239 e. The molecular formula is C18H32N6O2. The van der Waals surface area contributed by atoms with Crippen LogP contribution in [0.15, 0.2) is 9.41 Å². The SMILES string of the molecule is CN=C(NCCCN1CCCC1C(=O)N(C)C)NCc1nc(C)c(C)o1. The topological polar surface area (TPSA) is 86.0 Å². The number of hydrogen-bond acceptors (Lipinski definition) is 5. The van der Waals surface area contributed by atoms with Gasteiger partial charge in [-0.25, -0.2) is 4.98 Å². The zero-order chi connectivity index (χ0) is 19.1. The van der Waals surface area contributed by atoms with E-state index in [9.17, 15) is 4.79 Å². The van der Waals surface area contributed by atoms with Crippen LogP contribution in [0.1, 0.15) is 36.6 Å². The standard InChI is InChI=1S/C18H32N6O2/c1-13-14(2)26-16(22-13)12-21-18(19-3)20-9-7-11-24-10-6-8-15(24)17(25)23(4)5/h15H,6-12H2,1-5H3,(H2,19,20,21). The average Bonchev–Trinajstić information content (AvgIpc) is 3.20. The molecule has 0 aromatic carbocycles. The van der Waals surface area contributed by atoms with Crippen molar-refractivity contribution in [3.8, 4) is 0 Å². The average molecular weight is 364 g/mol. The summed E-state index contributed by atoms with van der Waals surface area (Å²) in [4.78, 5) is 24.8. The summed E-state index contributed by atoms with van der Waals surface area (Å²) < 4.78 is 5.56. The molecule has 0 spiro atoms. The fourth-order valence-corrected chi connectivity index (χ4v) is 3.16. The number of nitrogens with one attached hydrogen (secondary N) is 2. The third-order valence-electron chi connectivity index (χ3n) is 4.71. The van der Waals surface area contributed by atoms with Gasteiger partial charge in [-0.3, -0.25) is 14.7 Å². The highest BCUT2D eigenvalue weighted by Gasteiger charge is 2.30. The zero-order valence-electron chi connectivity index (χ0n) is 16.6. The zero-order valence-corrected chi connectivity index (χ0v) is 16.6. The van der Waals surface area contributed by atoms with E-state index in [4.69, 9.17) is 4.42 Å². The Bertz CT molecular complexity index is 606.